The second-order valence-electron chi connectivity index (χ2n) is 5.95. The molecular weight excluding hydrogens is 276 g/mol. The van der Waals surface area contributed by atoms with Gasteiger partial charge in [0.1, 0.15) is 5.75 Å². The first kappa shape index (κ1) is 18.3. The molecule has 1 aromatic rings. The van der Waals surface area contributed by atoms with Crippen molar-refractivity contribution in [2.45, 2.75) is 65.4 Å². The van der Waals surface area contributed by atoms with Crippen LogP contribution in [-0.2, 0) is 11.2 Å². The molecule has 1 rings (SSSR count). The number of hydrogen-bond donors (Lipinski definition) is 2. The van der Waals surface area contributed by atoms with Crippen molar-refractivity contribution in [1.29, 1.82) is 0 Å². The van der Waals surface area contributed by atoms with E-state index < -0.39 is 0 Å². The highest BCUT2D eigenvalue weighted by atomic mass is 16.5. The zero-order chi connectivity index (χ0) is 16.4. The van der Waals surface area contributed by atoms with Gasteiger partial charge in [0.25, 0.3) is 0 Å². The molecule has 3 N–H and O–H groups in total. The van der Waals surface area contributed by atoms with E-state index in [0.717, 1.165) is 18.5 Å². The zero-order valence-corrected chi connectivity index (χ0v) is 14.2. The molecule has 0 aliphatic carbocycles. The standard InChI is InChI=1S/C18H30N2O2/c1-4-5-6-7-12-20-18(21)11-9-15-8-10-17(16(19)13-15)22-14(2)3/h8,10,13-14H,4-7,9,11-12,19H2,1-3H3,(H,20,21). The number of nitrogens with two attached hydrogens (primary N) is 1. The summed E-state index contributed by atoms with van der Waals surface area (Å²) in [7, 11) is 0. The van der Waals surface area contributed by atoms with Crippen LogP contribution in [0.15, 0.2) is 18.2 Å². The van der Waals surface area contributed by atoms with Crippen LogP contribution in [0.25, 0.3) is 0 Å². The smallest absolute Gasteiger partial charge is 0.220 e. The Morgan fingerprint density at radius 3 is 2.68 bits per heavy atom. The van der Waals surface area contributed by atoms with Gasteiger partial charge in [-0.25, -0.2) is 0 Å². The Morgan fingerprint density at radius 1 is 1.27 bits per heavy atom. The van der Waals surface area contributed by atoms with Gasteiger partial charge in [0, 0.05) is 13.0 Å². The molecule has 0 radical (unpaired) electrons. The number of ether oxygens (including phenoxy) is 1. The summed E-state index contributed by atoms with van der Waals surface area (Å²) in [5.74, 6) is 0.816. The van der Waals surface area contributed by atoms with Gasteiger partial charge in [-0.2, -0.15) is 0 Å². The van der Waals surface area contributed by atoms with E-state index in [0.29, 0.717) is 24.3 Å². The van der Waals surface area contributed by atoms with Crippen molar-refractivity contribution in [1.82, 2.24) is 5.32 Å². The molecule has 4 nitrogen and oxygen atoms in total. The van der Waals surface area contributed by atoms with Gasteiger partial charge in [0.2, 0.25) is 5.91 Å². The number of benzene rings is 1. The molecular formula is C18H30N2O2. The monoisotopic (exact) mass is 306 g/mol. The molecule has 0 aliphatic rings. The van der Waals surface area contributed by atoms with E-state index >= 15 is 0 Å². The van der Waals surface area contributed by atoms with E-state index in [-0.39, 0.29) is 12.0 Å². The summed E-state index contributed by atoms with van der Waals surface area (Å²) in [6.45, 7) is 6.90. The van der Waals surface area contributed by atoms with E-state index in [1.165, 1.54) is 19.3 Å². The van der Waals surface area contributed by atoms with Crippen LogP contribution in [0.3, 0.4) is 0 Å². The average Bonchev–Trinajstić information content (AvgIpc) is 2.47. The van der Waals surface area contributed by atoms with Crippen molar-refractivity contribution in [3.8, 4) is 5.75 Å². The Bertz CT molecular complexity index is 458. The van der Waals surface area contributed by atoms with Crippen molar-refractivity contribution in [3.63, 3.8) is 0 Å². The summed E-state index contributed by atoms with van der Waals surface area (Å²) < 4.78 is 5.61. The van der Waals surface area contributed by atoms with Crippen LogP contribution in [0.5, 0.6) is 5.75 Å². The van der Waals surface area contributed by atoms with Crippen LogP contribution in [0, 0.1) is 0 Å². The highest BCUT2D eigenvalue weighted by Gasteiger charge is 2.06. The van der Waals surface area contributed by atoms with Crippen LogP contribution in [0.4, 0.5) is 5.69 Å². The summed E-state index contributed by atoms with van der Waals surface area (Å²) in [5, 5.41) is 2.97. The van der Waals surface area contributed by atoms with Gasteiger partial charge in [-0.05, 0) is 44.4 Å². The third kappa shape index (κ3) is 7.34. The lowest BCUT2D eigenvalue weighted by molar-refractivity contribution is -0.121. The maximum atomic E-state index is 11.8. The predicted molar refractivity (Wildman–Crippen MR) is 92.1 cm³/mol. The van der Waals surface area contributed by atoms with Crippen molar-refractivity contribution in [2.24, 2.45) is 0 Å². The van der Waals surface area contributed by atoms with Gasteiger partial charge >= 0.3 is 0 Å². The number of unbranched alkanes of at least 4 members (excludes halogenated alkanes) is 3. The number of carbonyl (C=O) groups excluding carboxylic acids is 1. The summed E-state index contributed by atoms with van der Waals surface area (Å²) >= 11 is 0. The molecule has 0 atom stereocenters. The van der Waals surface area contributed by atoms with Crippen molar-refractivity contribution >= 4 is 11.6 Å². The molecule has 4 heteroatoms. The average molecular weight is 306 g/mol. The number of carbonyl (C=O) groups is 1. The first-order chi connectivity index (χ1) is 10.5. The lowest BCUT2D eigenvalue weighted by Gasteiger charge is -2.13. The van der Waals surface area contributed by atoms with Gasteiger partial charge in [-0.1, -0.05) is 32.3 Å². The van der Waals surface area contributed by atoms with Gasteiger partial charge in [-0.15, -0.1) is 0 Å². The minimum atomic E-state index is 0.103. The Kier molecular flexibility index (Phi) is 8.41. The number of nitrogens with one attached hydrogen (secondary N) is 1. The molecule has 0 aromatic heterocycles. The van der Waals surface area contributed by atoms with Crippen LogP contribution >= 0.6 is 0 Å². The zero-order valence-electron chi connectivity index (χ0n) is 14.2. The van der Waals surface area contributed by atoms with E-state index in [9.17, 15) is 4.79 Å². The first-order valence-electron chi connectivity index (χ1n) is 8.34. The summed E-state index contributed by atoms with van der Waals surface area (Å²) in [5.41, 5.74) is 7.67. The molecule has 1 amide bonds. The second kappa shape index (κ2) is 10.1. The molecule has 0 bridgehead atoms. The number of hydrogen-bond acceptors (Lipinski definition) is 3. The van der Waals surface area contributed by atoms with Crippen molar-refractivity contribution < 1.29 is 9.53 Å². The van der Waals surface area contributed by atoms with Gasteiger partial charge < -0.3 is 15.8 Å². The lowest BCUT2D eigenvalue weighted by Crippen LogP contribution is -2.24. The van der Waals surface area contributed by atoms with E-state index in [2.05, 4.69) is 12.2 Å². The van der Waals surface area contributed by atoms with E-state index in [1.54, 1.807) is 0 Å². The van der Waals surface area contributed by atoms with Gasteiger partial charge in [0.15, 0.2) is 0 Å². The molecule has 0 unspecified atom stereocenters. The minimum Gasteiger partial charge on any atom is -0.489 e. The molecule has 22 heavy (non-hydrogen) atoms. The normalized spacial score (nSPS) is 10.7. The number of aryl methyl sites for hydroxylation is 1. The Balaban J connectivity index is 2.32. The Labute approximate surface area is 134 Å². The lowest BCUT2D eigenvalue weighted by atomic mass is 10.1. The molecule has 1 aromatic carbocycles. The molecule has 0 saturated carbocycles. The number of anilines is 1. The quantitative estimate of drug-likeness (QED) is 0.512. The summed E-state index contributed by atoms with van der Waals surface area (Å²) in [6, 6.07) is 5.75. The van der Waals surface area contributed by atoms with Crippen LogP contribution in [0.1, 0.15) is 58.4 Å². The summed E-state index contributed by atoms with van der Waals surface area (Å²) in [6.07, 6.45) is 6.00. The number of amides is 1. The highest BCUT2D eigenvalue weighted by Crippen LogP contribution is 2.24. The maximum absolute atomic E-state index is 11.8. The maximum Gasteiger partial charge on any atom is 0.220 e. The molecule has 0 fully saturated rings. The molecule has 0 heterocycles. The molecule has 0 aliphatic heterocycles. The predicted octanol–water partition coefficient (Wildman–Crippen LogP) is 3.69. The fourth-order valence-electron chi connectivity index (χ4n) is 2.24. The van der Waals surface area contributed by atoms with Crippen molar-refractivity contribution in [2.75, 3.05) is 12.3 Å². The fraction of sp³-hybridized carbons (Fsp3) is 0.611. The SMILES string of the molecule is CCCCCCNC(=O)CCc1ccc(OC(C)C)c(N)c1. The number of nitrogen functional groups attached to an aromatic ring is 1. The third-order valence-electron chi connectivity index (χ3n) is 3.43. The fourth-order valence-corrected chi connectivity index (χ4v) is 2.24. The first-order valence-corrected chi connectivity index (χ1v) is 8.34. The highest BCUT2D eigenvalue weighted by molar-refractivity contribution is 5.76. The summed E-state index contributed by atoms with van der Waals surface area (Å²) in [4.78, 5) is 11.8. The number of rotatable bonds is 10. The van der Waals surface area contributed by atoms with Crippen molar-refractivity contribution in [3.05, 3.63) is 23.8 Å². The minimum absolute atomic E-state index is 0.103. The molecule has 124 valence electrons. The Hall–Kier alpha value is -1.71. The molecule has 0 saturated heterocycles. The molecule has 0 spiro atoms. The second-order valence-corrected chi connectivity index (χ2v) is 5.95. The van der Waals surface area contributed by atoms with Crippen LogP contribution < -0.4 is 15.8 Å². The van der Waals surface area contributed by atoms with E-state index in [4.69, 9.17) is 10.5 Å². The van der Waals surface area contributed by atoms with Gasteiger partial charge in [0.05, 0.1) is 11.8 Å². The topological polar surface area (TPSA) is 64.3 Å². The largest absolute Gasteiger partial charge is 0.489 e. The van der Waals surface area contributed by atoms with Gasteiger partial charge in [-0.3, -0.25) is 4.79 Å². The third-order valence-corrected chi connectivity index (χ3v) is 3.43. The van der Waals surface area contributed by atoms with Crippen LogP contribution in [-0.4, -0.2) is 18.6 Å². The Morgan fingerprint density at radius 2 is 2.05 bits per heavy atom. The van der Waals surface area contributed by atoms with Crippen LogP contribution in [0.2, 0.25) is 0 Å². The van der Waals surface area contributed by atoms with E-state index in [1.807, 2.05) is 32.0 Å².